The minimum absolute atomic E-state index is 0.175. The molecular weight excluding hydrogens is 432 g/mol. The number of hydrogen-bond acceptors (Lipinski definition) is 6. The number of carbonyl (C=O) groups is 1. The molecule has 1 aromatic carbocycles. The van der Waals surface area contributed by atoms with Crippen LogP contribution in [0.25, 0.3) is 16.8 Å². The van der Waals surface area contributed by atoms with Gasteiger partial charge in [-0.15, -0.1) is 0 Å². The van der Waals surface area contributed by atoms with Gasteiger partial charge in [-0.1, -0.05) is 18.6 Å². The summed E-state index contributed by atoms with van der Waals surface area (Å²) in [5.74, 6) is 0.753. The number of aliphatic hydroxyl groups is 1. The summed E-state index contributed by atoms with van der Waals surface area (Å²) >= 11 is 0. The fourth-order valence-electron chi connectivity index (χ4n) is 4.28. The number of aromatic nitrogens is 3. The van der Waals surface area contributed by atoms with Crippen molar-refractivity contribution in [2.75, 3.05) is 13.2 Å². The summed E-state index contributed by atoms with van der Waals surface area (Å²) in [5, 5.41) is 16.4. The zero-order chi connectivity index (χ0) is 24.1. The molecule has 0 aliphatic carbocycles. The Bertz CT molecular complexity index is 1140. The molecule has 1 unspecified atom stereocenters. The van der Waals surface area contributed by atoms with Crippen LogP contribution in [0, 0.1) is 0 Å². The molecule has 1 amide bonds. The maximum atomic E-state index is 12.4. The van der Waals surface area contributed by atoms with Crippen LogP contribution in [-0.2, 0) is 11.2 Å². The fourth-order valence-corrected chi connectivity index (χ4v) is 4.28. The summed E-state index contributed by atoms with van der Waals surface area (Å²) in [7, 11) is 0. The first-order valence-corrected chi connectivity index (χ1v) is 12.0. The van der Waals surface area contributed by atoms with Crippen LogP contribution in [0.1, 0.15) is 70.0 Å². The van der Waals surface area contributed by atoms with E-state index in [2.05, 4.69) is 21.5 Å². The van der Waals surface area contributed by atoms with E-state index < -0.39 is 11.7 Å². The van der Waals surface area contributed by atoms with E-state index in [1.54, 1.807) is 6.33 Å². The van der Waals surface area contributed by atoms with Crippen molar-refractivity contribution in [3.63, 3.8) is 0 Å². The molecule has 0 fully saturated rings. The highest BCUT2D eigenvalue weighted by Crippen LogP contribution is 2.36. The highest BCUT2D eigenvalue weighted by atomic mass is 16.6. The Hall–Kier alpha value is -3.13. The molecule has 0 saturated heterocycles. The van der Waals surface area contributed by atoms with E-state index in [1.165, 1.54) is 5.56 Å². The number of aryl methyl sites for hydroxylation is 1. The number of alkyl carbamates (subject to hydrolysis) is 1. The maximum Gasteiger partial charge on any atom is 0.408 e. The van der Waals surface area contributed by atoms with Gasteiger partial charge in [0.2, 0.25) is 0 Å². The van der Waals surface area contributed by atoms with Gasteiger partial charge in [0.15, 0.2) is 0 Å². The maximum absolute atomic E-state index is 12.4. The molecular formula is C26H34N4O4. The summed E-state index contributed by atoms with van der Waals surface area (Å²) < 4.78 is 13.4. The normalized spacial score (nSPS) is 15.9. The van der Waals surface area contributed by atoms with Gasteiger partial charge in [0.1, 0.15) is 17.7 Å². The van der Waals surface area contributed by atoms with Crippen molar-refractivity contribution < 1.29 is 19.4 Å². The van der Waals surface area contributed by atoms with Gasteiger partial charge < -0.3 is 19.9 Å². The van der Waals surface area contributed by atoms with Gasteiger partial charge in [-0.2, -0.15) is 5.10 Å². The molecule has 1 atom stereocenters. The van der Waals surface area contributed by atoms with E-state index in [0.29, 0.717) is 6.61 Å². The lowest BCUT2D eigenvalue weighted by atomic mass is 9.99. The molecule has 2 N–H and O–H groups in total. The second kappa shape index (κ2) is 10.4. The zero-order valence-electron chi connectivity index (χ0n) is 20.2. The van der Waals surface area contributed by atoms with Crippen molar-refractivity contribution in [3.05, 3.63) is 47.9 Å². The van der Waals surface area contributed by atoms with Crippen LogP contribution in [0.4, 0.5) is 4.79 Å². The lowest BCUT2D eigenvalue weighted by molar-refractivity contribution is 0.0501. The molecule has 1 aliphatic rings. The number of nitrogens with one attached hydrogen (secondary N) is 1. The fraction of sp³-hybridized carbons (Fsp3) is 0.500. The SMILES string of the molecule is CC(C)(C)OC(=O)NC1CCCOc2cc(-c3ncnn4cc(CCCCCO)cc34)ccc21. The van der Waals surface area contributed by atoms with Gasteiger partial charge >= 0.3 is 6.09 Å². The van der Waals surface area contributed by atoms with E-state index in [9.17, 15) is 4.79 Å². The van der Waals surface area contributed by atoms with Crippen LogP contribution in [-0.4, -0.2) is 44.6 Å². The molecule has 8 nitrogen and oxygen atoms in total. The summed E-state index contributed by atoms with van der Waals surface area (Å²) in [6.07, 6.45) is 8.60. The molecule has 3 heterocycles. The van der Waals surface area contributed by atoms with Crippen molar-refractivity contribution in [2.24, 2.45) is 0 Å². The Kier molecular flexibility index (Phi) is 7.36. The molecule has 0 bridgehead atoms. The van der Waals surface area contributed by atoms with Crippen LogP contribution in [0.2, 0.25) is 0 Å². The predicted molar refractivity (Wildman–Crippen MR) is 130 cm³/mol. The van der Waals surface area contributed by atoms with E-state index in [4.69, 9.17) is 14.6 Å². The third kappa shape index (κ3) is 5.86. The molecule has 0 radical (unpaired) electrons. The Morgan fingerprint density at radius 3 is 2.91 bits per heavy atom. The Morgan fingerprint density at radius 1 is 1.26 bits per heavy atom. The van der Waals surface area contributed by atoms with Gasteiger partial charge in [0.25, 0.3) is 0 Å². The van der Waals surface area contributed by atoms with Gasteiger partial charge in [-0.25, -0.2) is 14.3 Å². The van der Waals surface area contributed by atoms with Crippen molar-refractivity contribution in [1.29, 1.82) is 0 Å². The first kappa shape index (κ1) is 24.0. The van der Waals surface area contributed by atoms with Crippen LogP contribution in [0.3, 0.4) is 0 Å². The molecule has 182 valence electrons. The quantitative estimate of drug-likeness (QED) is 0.484. The number of unbranched alkanes of at least 4 members (excludes halogenated alkanes) is 2. The number of rotatable bonds is 7. The van der Waals surface area contributed by atoms with Crippen molar-refractivity contribution >= 4 is 11.6 Å². The molecule has 4 rings (SSSR count). The van der Waals surface area contributed by atoms with Crippen molar-refractivity contribution in [3.8, 4) is 17.0 Å². The van der Waals surface area contributed by atoms with Crippen LogP contribution in [0.5, 0.6) is 5.75 Å². The number of hydrogen-bond donors (Lipinski definition) is 2. The molecule has 3 aromatic rings. The molecule has 34 heavy (non-hydrogen) atoms. The number of benzene rings is 1. The first-order chi connectivity index (χ1) is 16.3. The third-order valence-corrected chi connectivity index (χ3v) is 5.83. The summed E-state index contributed by atoms with van der Waals surface area (Å²) in [4.78, 5) is 17.0. The number of amides is 1. The van der Waals surface area contributed by atoms with Gasteiger partial charge in [-0.3, -0.25) is 0 Å². The number of fused-ring (bicyclic) bond motifs is 2. The minimum atomic E-state index is -0.550. The molecule has 8 heteroatoms. The topological polar surface area (TPSA) is 98.0 Å². The van der Waals surface area contributed by atoms with Crippen molar-refractivity contribution in [1.82, 2.24) is 19.9 Å². The molecule has 0 spiro atoms. The average molecular weight is 467 g/mol. The summed E-state index contributed by atoms with van der Waals surface area (Å²) in [6, 6.07) is 7.99. The minimum Gasteiger partial charge on any atom is -0.493 e. The highest BCUT2D eigenvalue weighted by Gasteiger charge is 2.25. The number of ether oxygens (including phenoxy) is 2. The van der Waals surface area contributed by atoms with E-state index >= 15 is 0 Å². The monoisotopic (exact) mass is 466 g/mol. The smallest absolute Gasteiger partial charge is 0.408 e. The standard InChI is InChI=1S/C26H34N4O4/c1-26(2,3)34-25(32)29-21-9-7-13-33-23-15-19(10-11-20(21)23)24-22-14-18(8-5-4-6-12-31)16-30(22)28-17-27-24/h10-11,14-17,21,31H,4-9,12-13H2,1-3H3,(H,29,32). The lowest BCUT2D eigenvalue weighted by Crippen LogP contribution is -2.34. The van der Waals surface area contributed by atoms with E-state index in [-0.39, 0.29) is 12.6 Å². The van der Waals surface area contributed by atoms with Crippen LogP contribution < -0.4 is 10.1 Å². The highest BCUT2D eigenvalue weighted by molar-refractivity contribution is 5.78. The van der Waals surface area contributed by atoms with Crippen LogP contribution >= 0.6 is 0 Å². The number of aliphatic hydroxyl groups excluding tert-OH is 1. The summed E-state index contributed by atoms with van der Waals surface area (Å²) in [5.41, 5.74) is 4.31. The number of carbonyl (C=O) groups excluding carboxylic acids is 1. The van der Waals surface area contributed by atoms with Crippen LogP contribution in [0.15, 0.2) is 36.8 Å². The zero-order valence-corrected chi connectivity index (χ0v) is 20.2. The summed E-state index contributed by atoms with van der Waals surface area (Å²) in [6.45, 7) is 6.39. The first-order valence-electron chi connectivity index (χ1n) is 12.0. The molecule has 1 aliphatic heterocycles. The predicted octanol–water partition coefficient (Wildman–Crippen LogP) is 4.84. The largest absolute Gasteiger partial charge is 0.493 e. The molecule has 0 saturated carbocycles. The average Bonchev–Trinajstić information content (AvgIpc) is 3.10. The molecule has 2 aromatic heterocycles. The lowest BCUT2D eigenvalue weighted by Gasteiger charge is -2.23. The van der Waals surface area contributed by atoms with Gasteiger partial charge in [0.05, 0.1) is 23.9 Å². The van der Waals surface area contributed by atoms with E-state index in [0.717, 1.165) is 66.6 Å². The Morgan fingerprint density at radius 2 is 2.12 bits per heavy atom. The Labute approximate surface area is 200 Å². The van der Waals surface area contributed by atoms with E-state index in [1.807, 2.05) is 49.7 Å². The van der Waals surface area contributed by atoms with Gasteiger partial charge in [-0.05, 0) is 70.6 Å². The second-order valence-corrected chi connectivity index (χ2v) is 9.76. The third-order valence-electron chi connectivity index (χ3n) is 5.83. The second-order valence-electron chi connectivity index (χ2n) is 9.76. The van der Waals surface area contributed by atoms with Gasteiger partial charge in [0, 0.05) is 23.9 Å². The Balaban J connectivity index is 1.58. The number of nitrogens with zero attached hydrogens (tertiary/aromatic N) is 3. The van der Waals surface area contributed by atoms with Crippen molar-refractivity contribution in [2.45, 2.75) is 70.9 Å².